The van der Waals surface area contributed by atoms with Gasteiger partial charge < -0.3 is 9.64 Å². The molecule has 0 aliphatic heterocycles. The van der Waals surface area contributed by atoms with E-state index in [1.807, 2.05) is 53.9 Å². The van der Waals surface area contributed by atoms with Crippen molar-refractivity contribution in [3.8, 4) is 5.75 Å². The van der Waals surface area contributed by atoms with Crippen molar-refractivity contribution in [3.05, 3.63) is 70.5 Å². The van der Waals surface area contributed by atoms with Crippen molar-refractivity contribution in [1.29, 1.82) is 0 Å². The summed E-state index contributed by atoms with van der Waals surface area (Å²) in [6.07, 6.45) is 6.48. The molecule has 158 valence electrons. The number of unbranched alkanes of at least 4 members (excludes halogenated alkanes) is 3. The minimum atomic E-state index is 0.0196. The van der Waals surface area contributed by atoms with Crippen LogP contribution < -0.4 is 4.74 Å². The van der Waals surface area contributed by atoms with Crippen LogP contribution in [-0.2, 0) is 0 Å². The molecule has 0 aliphatic rings. The molecule has 0 amide bonds. The average Bonchev–Trinajstić information content (AvgIpc) is 3.29. The van der Waals surface area contributed by atoms with E-state index in [1.165, 1.54) is 42.4 Å². The lowest BCUT2D eigenvalue weighted by Gasteiger charge is -2.10. The summed E-state index contributed by atoms with van der Waals surface area (Å²) in [5, 5.41) is 2.64. The van der Waals surface area contributed by atoms with Crippen molar-refractivity contribution in [1.82, 2.24) is 9.88 Å². The Bertz CT molecular complexity index is 909. The molecule has 0 radical (unpaired) electrons. The van der Waals surface area contributed by atoms with Crippen molar-refractivity contribution >= 4 is 28.9 Å². The number of carbonyl (C=O) groups excluding carboxylic acids is 1. The molecule has 0 aliphatic carbocycles. The Morgan fingerprint density at radius 2 is 1.83 bits per heavy atom. The van der Waals surface area contributed by atoms with Crippen LogP contribution in [-0.4, -0.2) is 42.9 Å². The Morgan fingerprint density at radius 1 is 1.03 bits per heavy atom. The number of nitrogens with zero attached hydrogens (tertiary/aromatic N) is 2. The molecule has 0 saturated heterocycles. The summed E-state index contributed by atoms with van der Waals surface area (Å²) in [5.41, 5.74) is 0.638. The van der Waals surface area contributed by atoms with Gasteiger partial charge in [-0.05, 0) is 81.3 Å². The number of rotatable bonds is 12. The molecule has 0 N–H and O–H groups in total. The van der Waals surface area contributed by atoms with Crippen LogP contribution in [0.2, 0.25) is 0 Å². The third-order valence-corrected chi connectivity index (χ3v) is 6.46. The van der Waals surface area contributed by atoms with Gasteiger partial charge in [0.05, 0.1) is 17.0 Å². The maximum absolute atomic E-state index is 12.8. The Balaban J connectivity index is 1.50. The normalized spacial score (nSPS) is 11.0. The van der Waals surface area contributed by atoms with Crippen LogP contribution in [0.4, 0.5) is 0 Å². The van der Waals surface area contributed by atoms with E-state index in [0.717, 1.165) is 40.1 Å². The van der Waals surface area contributed by atoms with Gasteiger partial charge in [-0.2, -0.15) is 0 Å². The Labute approximate surface area is 187 Å². The van der Waals surface area contributed by atoms with Crippen LogP contribution in [0.25, 0.3) is 0 Å². The van der Waals surface area contributed by atoms with Crippen molar-refractivity contribution < 1.29 is 9.53 Å². The Kier molecular flexibility index (Phi) is 8.93. The third kappa shape index (κ3) is 6.97. The van der Waals surface area contributed by atoms with Crippen LogP contribution in [0.3, 0.4) is 0 Å². The second kappa shape index (κ2) is 11.9. The van der Waals surface area contributed by atoms with Crippen LogP contribution in [0.15, 0.2) is 70.0 Å². The van der Waals surface area contributed by atoms with E-state index in [2.05, 4.69) is 24.0 Å². The first-order valence-electron chi connectivity index (χ1n) is 10.2. The smallest absolute Gasteiger partial charge is 0.205 e. The standard InChI is InChI=1S/C24H28N2O2S2/c1-26(2)16-5-3-4-6-17-28-19-11-13-20(14-12-19)30-24-21(9-7-15-25-24)23(27)22-10-8-18-29-22/h7-15,18H,3-6,16-17H2,1-2H3. The van der Waals surface area contributed by atoms with Crippen molar-refractivity contribution in [3.63, 3.8) is 0 Å². The van der Waals surface area contributed by atoms with Gasteiger partial charge in [0.2, 0.25) is 5.78 Å². The predicted octanol–water partition coefficient (Wildman–Crippen LogP) is 6.03. The largest absolute Gasteiger partial charge is 0.494 e. The molecule has 2 aromatic heterocycles. The van der Waals surface area contributed by atoms with E-state index in [9.17, 15) is 4.79 Å². The van der Waals surface area contributed by atoms with Crippen LogP contribution in [0.5, 0.6) is 5.75 Å². The molecule has 30 heavy (non-hydrogen) atoms. The van der Waals surface area contributed by atoms with Crippen molar-refractivity contribution in [2.24, 2.45) is 0 Å². The number of pyridine rings is 1. The van der Waals surface area contributed by atoms with Gasteiger partial charge in [-0.25, -0.2) is 4.98 Å². The molecular formula is C24H28N2O2S2. The highest BCUT2D eigenvalue weighted by Crippen LogP contribution is 2.31. The van der Waals surface area contributed by atoms with Gasteiger partial charge in [0.1, 0.15) is 10.8 Å². The summed E-state index contributed by atoms with van der Waals surface area (Å²) in [5.74, 6) is 0.898. The molecular weight excluding hydrogens is 412 g/mol. The molecule has 3 aromatic rings. The molecule has 0 spiro atoms. The topological polar surface area (TPSA) is 42.4 Å². The monoisotopic (exact) mass is 440 g/mol. The van der Waals surface area contributed by atoms with Gasteiger partial charge in [-0.3, -0.25) is 4.79 Å². The fraction of sp³-hybridized carbons (Fsp3) is 0.333. The first-order chi connectivity index (χ1) is 14.6. The number of thiophene rings is 1. The molecule has 1 aromatic carbocycles. The van der Waals surface area contributed by atoms with E-state index in [0.29, 0.717) is 5.56 Å². The molecule has 0 fully saturated rings. The van der Waals surface area contributed by atoms with E-state index >= 15 is 0 Å². The number of carbonyl (C=O) groups is 1. The highest BCUT2D eigenvalue weighted by Gasteiger charge is 2.16. The highest BCUT2D eigenvalue weighted by molar-refractivity contribution is 7.99. The maximum Gasteiger partial charge on any atom is 0.205 e. The van der Waals surface area contributed by atoms with E-state index in [1.54, 1.807) is 6.20 Å². The molecule has 2 heterocycles. The quantitative estimate of drug-likeness (QED) is 0.254. The second-order valence-corrected chi connectivity index (χ2v) is 9.31. The number of aromatic nitrogens is 1. The minimum Gasteiger partial charge on any atom is -0.494 e. The highest BCUT2D eigenvalue weighted by atomic mass is 32.2. The maximum atomic E-state index is 12.8. The summed E-state index contributed by atoms with van der Waals surface area (Å²) < 4.78 is 5.86. The minimum absolute atomic E-state index is 0.0196. The van der Waals surface area contributed by atoms with Crippen molar-refractivity contribution in [2.75, 3.05) is 27.2 Å². The summed E-state index contributed by atoms with van der Waals surface area (Å²) >= 11 is 2.95. The first kappa shape index (κ1) is 22.5. The van der Waals surface area contributed by atoms with E-state index < -0.39 is 0 Å². The third-order valence-electron chi connectivity index (χ3n) is 4.57. The van der Waals surface area contributed by atoms with E-state index in [-0.39, 0.29) is 5.78 Å². The number of benzene rings is 1. The van der Waals surface area contributed by atoms with Gasteiger partial charge >= 0.3 is 0 Å². The lowest BCUT2D eigenvalue weighted by molar-refractivity contribution is 0.103. The summed E-state index contributed by atoms with van der Waals surface area (Å²) in [6, 6.07) is 15.4. The molecule has 0 atom stereocenters. The fourth-order valence-electron chi connectivity index (χ4n) is 2.97. The van der Waals surface area contributed by atoms with Crippen LogP contribution >= 0.6 is 23.1 Å². The predicted molar refractivity (Wildman–Crippen MR) is 125 cm³/mol. The van der Waals surface area contributed by atoms with Gasteiger partial charge in [-0.1, -0.05) is 30.7 Å². The van der Waals surface area contributed by atoms with Gasteiger partial charge in [0.15, 0.2) is 0 Å². The Hall–Kier alpha value is -2.15. The van der Waals surface area contributed by atoms with E-state index in [4.69, 9.17) is 4.74 Å². The van der Waals surface area contributed by atoms with Gasteiger partial charge in [0, 0.05) is 11.1 Å². The van der Waals surface area contributed by atoms with Crippen LogP contribution in [0, 0.1) is 0 Å². The summed E-state index contributed by atoms with van der Waals surface area (Å²) in [6.45, 7) is 1.89. The zero-order valence-electron chi connectivity index (χ0n) is 17.5. The zero-order valence-corrected chi connectivity index (χ0v) is 19.2. The Morgan fingerprint density at radius 3 is 2.57 bits per heavy atom. The molecule has 6 heteroatoms. The van der Waals surface area contributed by atoms with Crippen LogP contribution in [0.1, 0.15) is 40.9 Å². The average molecular weight is 441 g/mol. The summed E-state index contributed by atoms with van der Waals surface area (Å²) in [4.78, 5) is 21.2. The molecule has 0 saturated carbocycles. The SMILES string of the molecule is CN(C)CCCCCCOc1ccc(Sc2ncccc2C(=O)c2cccs2)cc1. The number of hydrogen-bond acceptors (Lipinski definition) is 6. The van der Waals surface area contributed by atoms with Gasteiger partial charge in [0.25, 0.3) is 0 Å². The molecule has 3 rings (SSSR count). The van der Waals surface area contributed by atoms with Crippen molar-refractivity contribution in [2.45, 2.75) is 35.6 Å². The number of hydrogen-bond donors (Lipinski definition) is 0. The molecule has 0 unspecified atom stereocenters. The first-order valence-corrected chi connectivity index (χ1v) is 11.9. The number of ketones is 1. The van der Waals surface area contributed by atoms with Gasteiger partial charge in [-0.15, -0.1) is 11.3 Å². The molecule has 0 bridgehead atoms. The number of ether oxygens (including phenoxy) is 1. The zero-order chi connectivity index (χ0) is 21.2. The summed E-state index contributed by atoms with van der Waals surface area (Å²) in [7, 11) is 4.22. The fourth-order valence-corrected chi connectivity index (χ4v) is 4.53. The molecule has 4 nitrogen and oxygen atoms in total. The lowest BCUT2D eigenvalue weighted by Crippen LogP contribution is -2.12. The lowest BCUT2D eigenvalue weighted by atomic mass is 10.1. The second-order valence-electron chi connectivity index (χ2n) is 7.30.